The number of aliphatic imine (C=N–C) groups is 1. The van der Waals surface area contributed by atoms with Crippen LogP contribution in [0.15, 0.2) is 23.2 Å². The van der Waals surface area contributed by atoms with Gasteiger partial charge in [-0.3, -0.25) is 0 Å². The molecule has 0 radical (unpaired) electrons. The first kappa shape index (κ1) is 14.5. The smallest absolute Gasteiger partial charge is 0.207 e. The third-order valence-electron chi connectivity index (χ3n) is 2.90. The van der Waals surface area contributed by atoms with Crippen molar-refractivity contribution in [3.63, 3.8) is 0 Å². The summed E-state index contributed by atoms with van der Waals surface area (Å²) in [5, 5.41) is 8.99. The molecule has 0 spiro atoms. The molecule has 5 heteroatoms. The van der Waals surface area contributed by atoms with Crippen molar-refractivity contribution in [3.8, 4) is 6.19 Å². The quantitative estimate of drug-likeness (QED) is 0.475. The van der Waals surface area contributed by atoms with Gasteiger partial charge in [0.1, 0.15) is 11.7 Å². The van der Waals surface area contributed by atoms with Gasteiger partial charge in [-0.25, -0.2) is 4.39 Å². The summed E-state index contributed by atoms with van der Waals surface area (Å²) in [7, 11) is 1.77. The summed E-state index contributed by atoms with van der Waals surface area (Å²) in [6, 6.07) is 4.30. The predicted molar refractivity (Wildman–Crippen MR) is 70.9 cm³/mol. The lowest BCUT2D eigenvalue weighted by molar-refractivity contribution is 0.383. The Morgan fingerprint density at radius 2 is 2.28 bits per heavy atom. The minimum Gasteiger partial charge on any atom is -0.355 e. The molecule has 0 heterocycles. The van der Waals surface area contributed by atoms with E-state index in [4.69, 9.17) is 16.9 Å². The molecule has 0 aliphatic heterocycles. The zero-order chi connectivity index (χ0) is 13.7. The van der Waals surface area contributed by atoms with Crippen molar-refractivity contribution < 1.29 is 4.39 Å². The minimum absolute atomic E-state index is 0.286. The molecule has 0 aromatic heterocycles. The van der Waals surface area contributed by atoms with E-state index in [0.717, 1.165) is 0 Å². The molecule has 0 saturated heterocycles. The van der Waals surface area contributed by atoms with Crippen molar-refractivity contribution >= 4 is 17.4 Å². The highest BCUT2D eigenvalue weighted by molar-refractivity contribution is 6.31. The molecule has 0 amide bonds. The van der Waals surface area contributed by atoms with Crippen molar-refractivity contribution in [2.24, 2.45) is 4.99 Å². The molecule has 0 bridgehead atoms. The van der Waals surface area contributed by atoms with Crippen LogP contribution < -0.4 is 0 Å². The monoisotopic (exact) mass is 267 g/mol. The number of halogens is 2. The van der Waals surface area contributed by atoms with E-state index in [-0.39, 0.29) is 11.9 Å². The van der Waals surface area contributed by atoms with Crippen molar-refractivity contribution in [3.05, 3.63) is 34.6 Å². The van der Waals surface area contributed by atoms with Gasteiger partial charge in [-0.15, -0.1) is 0 Å². The van der Waals surface area contributed by atoms with E-state index in [2.05, 4.69) is 4.99 Å². The lowest BCUT2D eigenvalue weighted by atomic mass is 10.1. The summed E-state index contributed by atoms with van der Waals surface area (Å²) in [5.74, 6) is 0.249. The maximum absolute atomic E-state index is 13.8. The zero-order valence-electron chi connectivity index (χ0n) is 10.6. The van der Waals surface area contributed by atoms with Gasteiger partial charge in [-0.05, 0) is 19.1 Å². The lowest BCUT2D eigenvalue weighted by Crippen LogP contribution is -2.29. The molecule has 1 atom stereocenters. The van der Waals surface area contributed by atoms with Crippen LogP contribution in [-0.2, 0) is 0 Å². The Morgan fingerprint density at radius 3 is 2.78 bits per heavy atom. The molecule has 0 aliphatic rings. The van der Waals surface area contributed by atoms with Crippen molar-refractivity contribution in [2.75, 3.05) is 7.05 Å². The number of amidine groups is 1. The Morgan fingerprint density at radius 1 is 1.61 bits per heavy atom. The fraction of sp³-hybridized carbons (Fsp3) is 0.385. The minimum atomic E-state index is -0.353. The van der Waals surface area contributed by atoms with Gasteiger partial charge in [0, 0.05) is 24.1 Å². The molecule has 3 nitrogen and oxygen atoms in total. The largest absolute Gasteiger partial charge is 0.355 e. The van der Waals surface area contributed by atoms with E-state index in [0.29, 0.717) is 22.8 Å². The number of hydrogen-bond acceptors (Lipinski definition) is 2. The van der Waals surface area contributed by atoms with Gasteiger partial charge in [0.05, 0.1) is 6.04 Å². The normalized spacial score (nSPS) is 13.0. The Bertz CT molecular complexity index is 473. The molecule has 1 unspecified atom stereocenters. The van der Waals surface area contributed by atoms with Crippen LogP contribution in [0.3, 0.4) is 0 Å². The average molecular weight is 268 g/mol. The Hall–Kier alpha value is -1.60. The number of rotatable bonds is 3. The van der Waals surface area contributed by atoms with Gasteiger partial charge in [0.15, 0.2) is 0 Å². The second-order valence-corrected chi connectivity index (χ2v) is 4.31. The number of nitriles is 1. The Balaban J connectivity index is 3.11. The molecule has 0 saturated carbocycles. The molecule has 1 aromatic rings. The van der Waals surface area contributed by atoms with Gasteiger partial charge < -0.3 is 4.90 Å². The van der Waals surface area contributed by atoms with E-state index in [9.17, 15) is 4.39 Å². The summed E-state index contributed by atoms with van der Waals surface area (Å²) in [6.07, 6.45) is 2.35. The maximum Gasteiger partial charge on any atom is 0.207 e. The fourth-order valence-corrected chi connectivity index (χ4v) is 2.11. The van der Waals surface area contributed by atoms with Crippen LogP contribution in [0.5, 0.6) is 0 Å². The Kier molecular flexibility index (Phi) is 5.11. The number of nitrogens with zero attached hydrogens (tertiary/aromatic N) is 3. The zero-order valence-corrected chi connectivity index (χ0v) is 11.4. The van der Waals surface area contributed by atoms with Crippen molar-refractivity contribution in [1.82, 2.24) is 4.90 Å². The molecular formula is C13H15ClFN3. The molecule has 96 valence electrons. The molecule has 0 fully saturated rings. The number of benzene rings is 1. The molecule has 18 heavy (non-hydrogen) atoms. The van der Waals surface area contributed by atoms with Crippen LogP contribution in [0.4, 0.5) is 4.39 Å². The third-order valence-corrected chi connectivity index (χ3v) is 3.23. The fourth-order valence-electron chi connectivity index (χ4n) is 1.79. The van der Waals surface area contributed by atoms with E-state index in [1.807, 2.05) is 13.8 Å². The first-order valence-electron chi connectivity index (χ1n) is 5.65. The Labute approximate surface area is 112 Å². The van der Waals surface area contributed by atoms with Crippen molar-refractivity contribution in [1.29, 1.82) is 5.26 Å². The first-order valence-corrected chi connectivity index (χ1v) is 6.03. The second-order valence-electron chi connectivity index (χ2n) is 3.90. The molecular weight excluding hydrogens is 253 g/mol. The maximum atomic E-state index is 13.8. The van der Waals surface area contributed by atoms with Crippen LogP contribution in [0.2, 0.25) is 5.02 Å². The SMILES string of the molecule is CC/C(=N\C#N)N(C)C(C)c1c(F)cccc1Cl. The highest BCUT2D eigenvalue weighted by atomic mass is 35.5. The molecule has 1 rings (SSSR count). The van der Waals surface area contributed by atoms with E-state index < -0.39 is 0 Å². The topological polar surface area (TPSA) is 39.4 Å². The van der Waals surface area contributed by atoms with E-state index in [1.165, 1.54) is 6.07 Å². The highest BCUT2D eigenvalue weighted by Crippen LogP contribution is 2.29. The van der Waals surface area contributed by atoms with Crippen molar-refractivity contribution in [2.45, 2.75) is 26.3 Å². The summed E-state index contributed by atoms with van der Waals surface area (Å²) in [5.41, 5.74) is 0.417. The van der Waals surface area contributed by atoms with E-state index in [1.54, 1.807) is 30.3 Å². The summed E-state index contributed by atoms with van der Waals surface area (Å²) in [4.78, 5) is 5.49. The standard InChI is InChI=1S/C13H15ClFN3/c1-4-12(17-8-16)18(3)9(2)13-10(14)6-5-7-11(13)15/h5-7,9H,4H2,1-3H3/b17-12+. The molecule has 0 aliphatic carbocycles. The number of hydrogen-bond donors (Lipinski definition) is 0. The summed E-state index contributed by atoms with van der Waals surface area (Å²) >= 11 is 6.02. The van der Waals surface area contributed by atoms with Crippen LogP contribution in [-0.4, -0.2) is 17.8 Å². The van der Waals surface area contributed by atoms with Gasteiger partial charge in [0.25, 0.3) is 0 Å². The van der Waals surface area contributed by atoms with Gasteiger partial charge in [0.2, 0.25) is 6.19 Å². The van der Waals surface area contributed by atoms with Crippen LogP contribution in [0.25, 0.3) is 0 Å². The lowest BCUT2D eigenvalue weighted by Gasteiger charge is -2.28. The van der Waals surface area contributed by atoms with Crippen LogP contribution in [0.1, 0.15) is 31.9 Å². The van der Waals surface area contributed by atoms with Gasteiger partial charge >= 0.3 is 0 Å². The predicted octanol–water partition coefficient (Wildman–Crippen LogP) is 3.76. The highest BCUT2D eigenvalue weighted by Gasteiger charge is 2.20. The van der Waals surface area contributed by atoms with Gasteiger partial charge in [-0.2, -0.15) is 10.3 Å². The summed E-state index contributed by atoms with van der Waals surface area (Å²) < 4.78 is 13.8. The summed E-state index contributed by atoms with van der Waals surface area (Å²) in [6.45, 7) is 3.72. The van der Waals surface area contributed by atoms with E-state index >= 15 is 0 Å². The van der Waals surface area contributed by atoms with Crippen LogP contribution >= 0.6 is 11.6 Å². The molecule has 1 aromatic carbocycles. The average Bonchev–Trinajstić information content (AvgIpc) is 2.34. The third kappa shape index (κ3) is 2.99. The first-order chi connectivity index (χ1) is 8.52. The van der Waals surface area contributed by atoms with Crippen LogP contribution in [0, 0.1) is 17.3 Å². The van der Waals surface area contributed by atoms with Gasteiger partial charge in [-0.1, -0.05) is 24.6 Å². The molecule has 0 N–H and O–H groups in total. The second kappa shape index (κ2) is 6.36.